The van der Waals surface area contributed by atoms with Crippen LogP contribution in [0.3, 0.4) is 0 Å². The van der Waals surface area contributed by atoms with E-state index >= 15 is 0 Å². The molecule has 0 fully saturated rings. The minimum absolute atomic E-state index is 0.0277. The van der Waals surface area contributed by atoms with Crippen LogP contribution in [0.15, 0.2) is 47.6 Å². The molecule has 0 radical (unpaired) electrons. The monoisotopic (exact) mass is 431 g/mol. The molecule has 0 aliphatic carbocycles. The highest BCUT2D eigenvalue weighted by molar-refractivity contribution is 7.99. The molecule has 1 unspecified atom stereocenters. The SMILES string of the molecule is COCCn1c(SCC(=O)NC2CCOc3ccccc32)nc2cc(Cl)ccc21. The zero-order valence-corrected chi connectivity index (χ0v) is 17.6. The highest BCUT2D eigenvalue weighted by Crippen LogP contribution is 2.32. The molecule has 2 heterocycles. The van der Waals surface area contributed by atoms with Crippen LogP contribution in [0.1, 0.15) is 18.0 Å². The Bertz CT molecular complexity index is 1020. The molecule has 0 saturated heterocycles. The van der Waals surface area contributed by atoms with Crippen LogP contribution in [0.5, 0.6) is 5.75 Å². The molecule has 1 aliphatic rings. The summed E-state index contributed by atoms with van der Waals surface area (Å²) in [5, 5.41) is 4.55. The first-order valence-electron chi connectivity index (χ1n) is 9.44. The molecule has 0 bridgehead atoms. The zero-order chi connectivity index (χ0) is 20.2. The Labute approximate surface area is 178 Å². The summed E-state index contributed by atoms with van der Waals surface area (Å²) in [7, 11) is 1.67. The lowest BCUT2D eigenvalue weighted by molar-refractivity contribution is -0.119. The predicted molar refractivity (Wildman–Crippen MR) is 115 cm³/mol. The Balaban J connectivity index is 1.46. The van der Waals surface area contributed by atoms with Gasteiger partial charge in [0, 0.05) is 30.7 Å². The number of benzene rings is 2. The third kappa shape index (κ3) is 4.52. The lowest BCUT2D eigenvalue weighted by Gasteiger charge is -2.26. The maximum atomic E-state index is 12.6. The van der Waals surface area contributed by atoms with E-state index in [0.717, 1.165) is 33.9 Å². The molecule has 29 heavy (non-hydrogen) atoms. The number of methoxy groups -OCH3 is 1. The number of carbonyl (C=O) groups is 1. The molecule has 1 aromatic heterocycles. The van der Waals surface area contributed by atoms with E-state index in [1.165, 1.54) is 11.8 Å². The van der Waals surface area contributed by atoms with E-state index in [4.69, 9.17) is 21.1 Å². The molecule has 1 N–H and O–H groups in total. The molecule has 4 rings (SSSR count). The van der Waals surface area contributed by atoms with Gasteiger partial charge < -0.3 is 19.4 Å². The second kappa shape index (κ2) is 9.07. The minimum Gasteiger partial charge on any atom is -0.493 e. The number of aromatic nitrogens is 2. The second-order valence-electron chi connectivity index (χ2n) is 6.76. The van der Waals surface area contributed by atoms with Gasteiger partial charge in [0.1, 0.15) is 5.75 Å². The van der Waals surface area contributed by atoms with Crippen molar-refractivity contribution < 1.29 is 14.3 Å². The van der Waals surface area contributed by atoms with Crippen molar-refractivity contribution in [3.8, 4) is 5.75 Å². The van der Waals surface area contributed by atoms with Gasteiger partial charge in [0.05, 0.1) is 36.0 Å². The van der Waals surface area contributed by atoms with Gasteiger partial charge in [0.15, 0.2) is 5.16 Å². The van der Waals surface area contributed by atoms with Crippen molar-refractivity contribution in [3.05, 3.63) is 53.1 Å². The van der Waals surface area contributed by atoms with Crippen LogP contribution in [0, 0.1) is 0 Å². The molecule has 1 amide bonds. The highest BCUT2D eigenvalue weighted by atomic mass is 35.5. The summed E-state index contributed by atoms with van der Waals surface area (Å²) < 4.78 is 13.0. The fraction of sp³-hybridized carbons (Fsp3) is 0.333. The standard InChI is InChI=1S/C21H22ClN3O3S/c1-27-11-9-25-18-7-6-14(22)12-17(18)24-21(25)29-13-20(26)23-16-8-10-28-19-5-3-2-4-15(16)19/h2-7,12,16H,8-11,13H2,1H3,(H,23,26). The Kier molecular flexibility index (Phi) is 6.28. The molecular formula is C21H22ClN3O3S. The number of halogens is 1. The van der Waals surface area contributed by atoms with Gasteiger partial charge in [-0.05, 0) is 24.3 Å². The number of thioether (sulfide) groups is 1. The molecule has 1 atom stereocenters. The third-order valence-electron chi connectivity index (χ3n) is 4.82. The molecule has 0 spiro atoms. The lowest BCUT2D eigenvalue weighted by Crippen LogP contribution is -2.33. The van der Waals surface area contributed by atoms with Crippen molar-refractivity contribution in [3.63, 3.8) is 0 Å². The van der Waals surface area contributed by atoms with Crippen molar-refractivity contribution in [2.45, 2.75) is 24.2 Å². The predicted octanol–water partition coefficient (Wildman–Crippen LogP) is 4.07. The first kappa shape index (κ1) is 20.1. The summed E-state index contributed by atoms with van der Waals surface area (Å²) >= 11 is 7.52. The molecular weight excluding hydrogens is 410 g/mol. The normalized spacial score (nSPS) is 15.7. The Hall–Kier alpha value is -2.22. The van der Waals surface area contributed by atoms with Crippen molar-refractivity contribution in [1.29, 1.82) is 0 Å². The van der Waals surface area contributed by atoms with Gasteiger partial charge in [0.25, 0.3) is 0 Å². The minimum atomic E-state index is -0.0286. The molecule has 8 heteroatoms. The average molecular weight is 432 g/mol. The van der Waals surface area contributed by atoms with Gasteiger partial charge in [-0.2, -0.15) is 0 Å². The number of nitrogens with zero attached hydrogens (tertiary/aromatic N) is 2. The Morgan fingerprint density at radius 3 is 3.10 bits per heavy atom. The van der Waals surface area contributed by atoms with Crippen molar-refractivity contribution in [1.82, 2.24) is 14.9 Å². The number of nitrogens with one attached hydrogen (secondary N) is 1. The third-order valence-corrected chi connectivity index (χ3v) is 6.03. The Morgan fingerprint density at radius 1 is 1.38 bits per heavy atom. The van der Waals surface area contributed by atoms with E-state index in [1.807, 2.05) is 42.5 Å². The molecule has 1 aliphatic heterocycles. The molecule has 3 aromatic rings. The number of hydrogen-bond donors (Lipinski definition) is 1. The molecule has 152 valence electrons. The number of hydrogen-bond acceptors (Lipinski definition) is 5. The van der Waals surface area contributed by atoms with E-state index in [2.05, 4.69) is 14.9 Å². The van der Waals surface area contributed by atoms with Crippen molar-refractivity contribution in [2.75, 3.05) is 26.1 Å². The van der Waals surface area contributed by atoms with Crippen LogP contribution in [0.2, 0.25) is 5.02 Å². The van der Waals surface area contributed by atoms with Gasteiger partial charge in [-0.25, -0.2) is 4.98 Å². The molecule has 2 aromatic carbocycles. The van der Waals surface area contributed by atoms with Crippen LogP contribution >= 0.6 is 23.4 Å². The van der Waals surface area contributed by atoms with Crippen LogP contribution < -0.4 is 10.1 Å². The summed E-state index contributed by atoms with van der Waals surface area (Å²) in [5.74, 6) is 1.10. The smallest absolute Gasteiger partial charge is 0.230 e. The van der Waals surface area contributed by atoms with Gasteiger partial charge >= 0.3 is 0 Å². The van der Waals surface area contributed by atoms with Gasteiger partial charge in [0.2, 0.25) is 5.91 Å². The fourth-order valence-corrected chi connectivity index (χ4v) is 4.47. The number of imidazole rings is 1. The first-order valence-corrected chi connectivity index (χ1v) is 10.8. The highest BCUT2D eigenvalue weighted by Gasteiger charge is 2.23. The second-order valence-corrected chi connectivity index (χ2v) is 8.13. The van der Waals surface area contributed by atoms with Gasteiger partial charge in [-0.3, -0.25) is 4.79 Å². The quantitative estimate of drug-likeness (QED) is 0.571. The van der Waals surface area contributed by atoms with Crippen LogP contribution in [0.4, 0.5) is 0 Å². The average Bonchev–Trinajstić information content (AvgIpc) is 3.07. The molecule has 6 nitrogen and oxygen atoms in total. The van der Waals surface area contributed by atoms with E-state index in [0.29, 0.717) is 24.8 Å². The van der Waals surface area contributed by atoms with E-state index in [9.17, 15) is 4.79 Å². The summed E-state index contributed by atoms with van der Waals surface area (Å²) in [5.41, 5.74) is 2.82. The largest absolute Gasteiger partial charge is 0.493 e. The fourth-order valence-electron chi connectivity index (χ4n) is 3.45. The zero-order valence-electron chi connectivity index (χ0n) is 16.1. The van der Waals surface area contributed by atoms with E-state index < -0.39 is 0 Å². The Morgan fingerprint density at radius 2 is 2.24 bits per heavy atom. The van der Waals surface area contributed by atoms with Crippen LogP contribution in [0.25, 0.3) is 11.0 Å². The summed E-state index contributed by atoms with van der Waals surface area (Å²) in [4.78, 5) is 17.3. The summed E-state index contributed by atoms with van der Waals surface area (Å²) in [6.45, 7) is 1.82. The number of rotatable bonds is 7. The number of ether oxygens (including phenoxy) is 2. The lowest BCUT2D eigenvalue weighted by atomic mass is 10.0. The maximum absolute atomic E-state index is 12.6. The van der Waals surface area contributed by atoms with Crippen LogP contribution in [-0.4, -0.2) is 41.5 Å². The number of fused-ring (bicyclic) bond motifs is 2. The van der Waals surface area contributed by atoms with Crippen molar-refractivity contribution >= 4 is 40.3 Å². The maximum Gasteiger partial charge on any atom is 0.230 e. The number of amides is 1. The molecule has 0 saturated carbocycles. The summed E-state index contributed by atoms with van der Waals surface area (Å²) in [6, 6.07) is 13.4. The van der Waals surface area contributed by atoms with Gasteiger partial charge in [-0.15, -0.1) is 0 Å². The van der Waals surface area contributed by atoms with Crippen LogP contribution in [-0.2, 0) is 16.1 Å². The topological polar surface area (TPSA) is 65.4 Å². The van der Waals surface area contributed by atoms with Crippen molar-refractivity contribution in [2.24, 2.45) is 0 Å². The summed E-state index contributed by atoms with van der Waals surface area (Å²) in [6.07, 6.45) is 0.762. The van der Waals surface area contributed by atoms with Gasteiger partial charge in [-0.1, -0.05) is 41.6 Å². The number of para-hydroxylation sites is 1. The first-order chi connectivity index (χ1) is 14.2. The number of carbonyl (C=O) groups excluding carboxylic acids is 1. The van der Waals surface area contributed by atoms with E-state index in [1.54, 1.807) is 7.11 Å². The van der Waals surface area contributed by atoms with E-state index in [-0.39, 0.29) is 17.7 Å².